The van der Waals surface area contributed by atoms with E-state index < -0.39 is 243 Å². The van der Waals surface area contributed by atoms with Crippen LogP contribution in [0.3, 0.4) is 0 Å². The number of hydrogen-bond acceptors (Lipinski definition) is 30. The summed E-state index contributed by atoms with van der Waals surface area (Å²) < 4.78 is 74.3. The Kier molecular flexibility index (Phi) is 19.9. The molecular formula is C60H98O30. The lowest BCUT2D eigenvalue weighted by atomic mass is 9.30. The molecule has 11 rings (SSSR count). The molecule has 6 aliphatic heterocycles. The van der Waals surface area contributed by atoms with Crippen LogP contribution in [0.5, 0.6) is 0 Å². The molecule has 11 unspecified atom stereocenters. The summed E-state index contributed by atoms with van der Waals surface area (Å²) in [7, 11) is 0. The molecule has 518 valence electrons. The SMILES string of the molecule is CC(=O)OC[C@]1(C)C[C@@H]2[C@]3(CO[C@@]24CCC2[C@@]5(C)CC[C@H](O[C@@H]6OC[C@H](O[C@@H]7O[C@H](CO)[C@@H](O)[C@H](O)[C@H]7O)[C@H](O)[C@H]6O[C@@H]6O[C@H](CO)[C@@H](O)[C@H](O)[C@H]6O)[C@@](C)(CO)C5CC[C@@]2(C)[C@]4(C)C[C@H]3OC2OCC(OC3OC(CO)C(O)C(O)C3O)C(O)C2O)[C@@H](O)C1. The fourth-order valence-corrected chi connectivity index (χ4v) is 19.4. The van der Waals surface area contributed by atoms with E-state index >= 15 is 0 Å². The molecule has 1 spiro atoms. The lowest BCUT2D eigenvalue weighted by Gasteiger charge is -2.75. The largest absolute Gasteiger partial charge is 0.465 e. The third-order valence-corrected chi connectivity index (χ3v) is 24.6. The Hall–Kier alpha value is -1.65. The molecule has 2 bridgehead atoms. The predicted octanol–water partition coefficient (Wildman–Crippen LogP) is -5.76. The quantitative estimate of drug-likeness (QED) is 0.0506. The first-order chi connectivity index (χ1) is 42.4. The lowest BCUT2D eigenvalue weighted by molar-refractivity contribution is -0.384. The maximum absolute atomic E-state index is 12.8. The number of fused-ring (bicyclic) bond motifs is 4. The summed E-state index contributed by atoms with van der Waals surface area (Å²) in [6, 6.07) is 0. The average Bonchev–Trinajstić information content (AvgIpc) is 1.32. The van der Waals surface area contributed by atoms with E-state index in [4.69, 9.17) is 56.8 Å². The van der Waals surface area contributed by atoms with E-state index in [-0.39, 0.29) is 38.1 Å². The molecule has 6 heterocycles. The summed E-state index contributed by atoms with van der Waals surface area (Å²) >= 11 is 0. The van der Waals surface area contributed by atoms with Gasteiger partial charge in [0.05, 0.1) is 82.2 Å². The third-order valence-electron chi connectivity index (χ3n) is 24.6. The standard InChI is InChI=1S/C60H98O30/c1-24(65)81-22-54(2)13-32-59(33(66)14-54)23-82-60(32)12-8-31-55(3)10-9-34(88-53-48(90-52-47(78)43(74)38(69)27(18-63)85-52)40(71)29(20-80-53)87-51-46(77)42(73)37(68)26(17-62)84-51)56(4,21-64)30(55)7-11-57(31,5)58(60,6)15-35(59)89-49-44(75)39(70)28(19-79-49)86-50-45(76)41(72)36(67)25(16-61)83-50/h25-53,61-64,66-78H,7-23H2,1-6H3/t25?,26-,27-,28?,29+,30?,31?,32-,33+,34+,35-,36?,37-,38-,39?,40+,41?,42+,43+,44?,45?,46-,47-,48-,49?,50?,51+,52+,53+,54-,55+,56+,57-,58+,59-,60+/m1/s1. The summed E-state index contributed by atoms with van der Waals surface area (Å²) in [6.07, 6.45) is -37.0. The van der Waals surface area contributed by atoms with Crippen molar-refractivity contribution in [3.63, 3.8) is 0 Å². The Bertz CT molecular complexity index is 2490. The number of esters is 1. The highest BCUT2D eigenvalue weighted by Gasteiger charge is 2.82. The zero-order chi connectivity index (χ0) is 65.3. The van der Waals surface area contributed by atoms with Crippen molar-refractivity contribution in [1.29, 1.82) is 0 Å². The monoisotopic (exact) mass is 1300 g/mol. The van der Waals surface area contributed by atoms with Gasteiger partial charge in [-0.2, -0.15) is 0 Å². The van der Waals surface area contributed by atoms with Crippen LogP contribution in [0.4, 0.5) is 0 Å². The second-order valence-corrected chi connectivity index (χ2v) is 29.4. The molecule has 0 amide bonds. The van der Waals surface area contributed by atoms with Gasteiger partial charge in [-0.25, -0.2) is 0 Å². The number of aliphatic hydroxyl groups is 17. The molecule has 0 aromatic carbocycles. The zero-order valence-corrected chi connectivity index (χ0v) is 51.7. The Morgan fingerprint density at radius 1 is 0.489 bits per heavy atom. The molecule has 6 saturated heterocycles. The fourth-order valence-electron chi connectivity index (χ4n) is 19.4. The van der Waals surface area contributed by atoms with Crippen LogP contribution >= 0.6 is 0 Å². The number of aliphatic hydroxyl groups excluding tert-OH is 17. The minimum atomic E-state index is -1.94. The van der Waals surface area contributed by atoms with Crippen LogP contribution in [0.2, 0.25) is 0 Å². The Morgan fingerprint density at radius 3 is 1.52 bits per heavy atom. The van der Waals surface area contributed by atoms with Crippen molar-refractivity contribution in [2.45, 2.75) is 265 Å². The van der Waals surface area contributed by atoms with Gasteiger partial charge in [-0.15, -0.1) is 0 Å². The van der Waals surface area contributed by atoms with Gasteiger partial charge < -0.3 is 144 Å². The number of carbonyl (C=O) groups is 1. The first-order valence-corrected chi connectivity index (χ1v) is 31.9. The van der Waals surface area contributed by atoms with E-state index in [1.54, 1.807) is 0 Å². The maximum Gasteiger partial charge on any atom is 0.302 e. The summed E-state index contributed by atoms with van der Waals surface area (Å²) in [5.74, 6) is -1.20. The molecule has 30 nitrogen and oxygen atoms in total. The van der Waals surface area contributed by atoms with Crippen LogP contribution in [0.1, 0.15) is 99.3 Å². The predicted molar refractivity (Wildman–Crippen MR) is 297 cm³/mol. The minimum Gasteiger partial charge on any atom is -0.465 e. The van der Waals surface area contributed by atoms with Crippen LogP contribution in [-0.2, 0) is 61.6 Å². The molecule has 0 aromatic heterocycles. The highest BCUT2D eigenvalue weighted by molar-refractivity contribution is 5.65. The molecule has 11 aliphatic rings. The van der Waals surface area contributed by atoms with Gasteiger partial charge in [0.25, 0.3) is 0 Å². The summed E-state index contributed by atoms with van der Waals surface area (Å²) in [6.45, 7) is 8.51. The van der Waals surface area contributed by atoms with Crippen molar-refractivity contribution >= 4 is 5.97 Å². The van der Waals surface area contributed by atoms with E-state index in [1.807, 2.05) is 13.8 Å². The molecule has 11 fully saturated rings. The molecule has 0 radical (unpaired) electrons. The smallest absolute Gasteiger partial charge is 0.302 e. The van der Waals surface area contributed by atoms with Crippen LogP contribution in [-0.4, -0.2) is 311 Å². The third kappa shape index (κ3) is 11.0. The number of hydrogen-bond donors (Lipinski definition) is 17. The molecule has 0 aromatic rings. The summed E-state index contributed by atoms with van der Waals surface area (Å²) in [4.78, 5) is 12.4. The van der Waals surface area contributed by atoms with E-state index in [1.165, 1.54) is 6.92 Å². The van der Waals surface area contributed by atoms with Gasteiger partial charge in [0, 0.05) is 29.1 Å². The van der Waals surface area contributed by atoms with Crippen molar-refractivity contribution in [1.82, 2.24) is 0 Å². The van der Waals surface area contributed by atoms with Crippen LogP contribution in [0, 0.1) is 50.2 Å². The van der Waals surface area contributed by atoms with E-state index in [2.05, 4.69) is 20.8 Å². The van der Waals surface area contributed by atoms with Crippen molar-refractivity contribution < 1.29 is 148 Å². The molecule has 5 aliphatic carbocycles. The minimum absolute atomic E-state index is 0.0291. The second kappa shape index (κ2) is 25.6. The Balaban J connectivity index is 0.866. The number of ether oxygens (including phenoxy) is 12. The molecular weight excluding hydrogens is 1200 g/mol. The van der Waals surface area contributed by atoms with Crippen molar-refractivity contribution in [2.24, 2.45) is 50.2 Å². The van der Waals surface area contributed by atoms with Gasteiger partial charge in [-0.1, -0.05) is 34.6 Å². The van der Waals surface area contributed by atoms with Gasteiger partial charge in [-0.3, -0.25) is 4.79 Å². The highest BCUT2D eigenvalue weighted by Crippen LogP contribution is 2.81. The van der Waals surface area contributed by atoms with Crippen LogP contribution < -0.4 is 0 Å². The van der Waals surface area contributed by atoms with Gasteiger partial charge in [0.2, 0.25) is 0 Å². The van der Waals surface area contributed by atoms with Gasteiger partial charge in [-0.05, 0) is 80.5 Å². The van der Waals surface area contributed by atoms with Crippen molar-refractivity contribution in [3.05, 3.63) is 0 Å². The number of rotatable bonds is 16. The molecule has 36 atom stereocenters. The van der Waals surface area contributed by atoms with E-state index in [0.29, 0.717) is 51.4 Å². The first-order valence-electron chi connectivity index (χ1n) is 31.9. The maximum atomic E-state index is 12.8. The van der Waals surface area contributed by atoms with Crippen LogP contribution in [0.25, 0.3) is 0 Å². The zero-order valence-electron chi connectivity index (χ0n) is 51.7. The van der Waals surface area contributed by atoms with E-state index in [0.717, 1.165) is 0 Å². The van der Waals surface area contributed by atoms with E-state index in [9.17, 15) is 91.6 Å². The molecule has 30 heteroatoms. The van der Waals surface area contributed by atoms with Gasteiger partial charge in [0.1, 0.15) is 110 Å². The topological polar surface area (TPSA) is 472 Å². The molecule has 90 heavy (non-hydrogen) atoms. The Morgan fingerprint density at radius 2 is 0.989 bits per heavy atom. The van der Waals surface area contributed by atoms with Crippen molar-refractivity contribution in [3.8, 4) is 0 Å². The summed E-state index contributed by atoms with van der Waals surface area (Å²) in [5.41, 5.74) is -5.62. The second-order valence-electron chi connectivity index (χ2n) is 29.4. The van der Waals surface area contributed by atoms with Crippen molar-refractivity contribution in [2.75, 3.05) is 52.9 Å². The van der Waals surface area contributed by atoms with Crippen LogP contribution in [0.15, 0.2) is 0 Å². The molecule has 17 N–H and O–H groups in total. The average molecular weight is 1300 g/mol. The Labute approximate surface area is 520 Å². The lowest BCUT2D eigenvalue weighted by Crippen LogP contribution is -2.76. The fraction of sp³-hybridized carbons (Fsp3) is 0.983. The highest BCUT2D eigenvalue weighted by atomic mass is 16.8. The van der Waals surface area contributed by atoms with Gasteiger partial charge >= 0.3 is 5.97 Å². The first kappa shape index (κ1) is 69.7. The van der Waals surface area contributed by atoms with Gasteiger partial charge in [0.15, 0.2) is 31.5 Å². The summed E-state index contributed by atoms with van der Waals surface area (Å²) in [5, 5.41) is 186. The number of carbonyl (C=O) groups excluding carboxylic acids is 1. The normalized spacial score (nSPS) is 56.9. The molecule has 5 saturated carbocycles.